The van der Waals surface area contributed by atoms with Crippen molar-refractivity contribution in [3.63, 3.8) is 0 Å². The monoisotopic (exact) mass is 325 g/mol. The normalized spacial score (nSPS) is 27.9. The van der Waals surface area contributed by atoms with Crippen molar-refractivity contribution in [1.82, 2.24) is 14.6 Å². The van der Waals surface area contributed by atoms with Gasteiger partial charge in [0, 0.05) is 43.4 Å². The average Bonchev–Trinajstić information content (AvgIpc) is 3.02. The molecule has 8 heteroatoms. The van der Waals surface area contributed by atoms with E-state index in [0.717, 1.165) is 6.26 Å². The van der Waals surface area contributed by atoms with Crippen LogP contribution in [0.3, 0.4) is 0 Å². The number of aromatic nitrogens is 1. The first-order valence-corrected chi connectivity index (χ1v) is 9.00. The lowest BCUT2D eigenvalue weighted by Gasteiger charge is -2.27. The van der Waals surface area contributed by atoms with Crippen LogP contribution in [0.15, 0.2) is 24.5 Å². The van der Waals surface area contributed by atoms with Gasteiger partial charge >= 0.3 is 0 Å². The number of carbonyl (C=O) groups excluding carboxylic acids is 1. The average molecular weight is 325 g/mol. The van der Waals surface area contributed by atoms with Crippen molar-refractivity contribution in [1.29, 1.82) is 0 Å². The van der Waals surface area contributed by atoms with Crippen LogP contribution in [0.4, 0.5) is 0 Å². The zero-order chi connectivity index (χ0) is 15.8. The minimum atomic E-state index is -3.26. The molecule has 2 saturated heterocycles. The molecule has 3 rings (SSSR count). The number of sulfonamides is 1. The molecule has 2 aliphatic heterocycles. The zero-order valence-electron chi connectivity index (χ0n) is 12.4. The lowest BCUT2D eigenvalue weighted by Crippen LogP contribution is -2.43. The van der Waals surface area contributed by atoms with Crippen LogP contribution in [0.5, 0.6) is 0 Å². The van der Waals surface area contributed by atoms with E-state index in [1.807, 2.05) is 0 Å². The van der Waals surface area contributed by atoms with E-state index in [1.165, 1.54) is 0 Å². The van der Waals surface area contributed by atoms with Crippen LogP contribution in [-0.2, 0) is 14.8 Å². The summed E-state index contributed by atoms with van der Waals surface area (Å²) in [4.78, 5) is 18.3. The summed E-state index contributed by atoms with van der Waals surface area (Å²) < 4.78 is 30.8. The van der Waals surface area contributed by atoms with Gasteiger partial charge in [-0.3, -0.25) is 9.78 Å². The van der Waals surface area contributed by atoms with Gasteiger partial charge in [0.15, 0.2) is 0 Å². The fourth-order valence-electron chi connectivity index (χ4n) is 3.18. The summed E-state index contributed by atoms with van der Waals surface area (Å²) >= 11 is 0. The Balaban J connectivity index is 1.75. The van der Waals surface area contributed by atoms with Gasteiger partial charge in [-0.25, -0.2) is 13.1 Å². The van der Waals surface area contributed by atoms with Crippen LogP contribution < -0.4 is 4.72 Å². The maximum absolute atomic E-state index is 12.5. The first-order valence-electron chi connectivity index (χ1n) is 7.11. The molecule has 0 aliphatic carbocycles. The molecule has 2 aliphatic rings. The van der Waals surface area contributed by atoms with Gasteiger partial charge in [-0.05, 0) is 12.1 Å². The topological polar surface area (TPSA) is 88.6 Å². The van der Waals surface area contributed by atoms with Gasteiger partial charge in [0.1, 0.15) is 0 Å². The summed E-state index contributed by atoms with van der Waals surface area (Å²) in [5, 5.41) is 0. The molecule has 0 saturated carbocycles. The van der Waals surface area contributed by atoms with E-state index in [9.17, 15) is 13.2 Å². The molecule has 1 N–H and O–H groups in total. The Labute approximate surface area is 129 Å². The van der Waals surface area contributed by atoms with Crippen LogP contribution in [0, 0.1) is 11.3 Å². The van der Waals surface area contributed by atoms with E-state index in [2.05, 4.69) is 9.71 Å². The number of rotatable bonds is 4. The molecule has 22 heavy (non-hydrogen) atoms. The number of nitrogens with one attached hydrogen (secondary N) is 1. The lowest BCUT2D eigenvalue weighted by atomic mass is 9.81. The first kappa shape index (κ1) is 15.4. The second-order valence-corrected chi connectivity index (χ2v) is 7.93. The highest BCUT2D eigenvalue weighted by Gasteiger charge is 2.52. The predicted molar refractivity (Wildman–Crippen MR) is 79.7 cm³/mol. The largest absolute Gasteiger partial charge is 0.380 e. The summed E-state index contributed by atoms with van der Waals surface area (Å²) in [7, 11) is -3.26. The van der Waals surface area contributed by atoms with Crippen LogP contribution in [0.25, 0.3) is 0 Å². The van der Waals surface area contributed by atoms with Crippen molar-refractivity contribution in [3.05, 3.63) is 30.1 Å². The Morgan fingerprint density at radius 2 is 2.41 bits per heavy atom. The second kappa shape index (κ2) is 5.60. The molecular formula is C14H19N3O4S. The van der Waals surface area contributed by atoms with E-state index in [4.69, 9.17) is 4.74 Å². The van der Waals surface area contributed by atoms with E-state index in [-0.39, 0.29) is 17.2 Å². The summed E-state index contributed by atoms with van der Waals surface area (Å²) in [5.74, 6) is 0.0867. The minimum Gasteiger partial charge on any atom is -0.380 e. The third-order valence-electron chi connectivity index (χ3n) is 4.40. The van der Waals surface area contributed by atoms with E-state index >= 15 is 0 Å². The van der Waals surface area contributed by atoms with Gasteiger partial charge in [-0.2, -0.15) is 0 Å². The number of ether oxygens (including phenoxy) is 1. The fraction of sp³-hybridized carbons (Fsp3) is 0.571. The molecule has 2 fully saturated rings. The fourth-order valence-corrected chi connectivity index (χ4v) is 3.73. The molecular weight excluding hydrogens is 306 g/mol. The van der Waals surface area contributed by atoms with Gasteiger partial charge in [0.05, 0.1) is 25.0 Å². The molecule has 0 bridgehead atoms. The second-order valence-electron chi connectivity index (χ2n) is 6.10. The highest BCUT2D eigenvalue weighted by Crippen LogP contribution is 2.41. The van der Waals surface area contributed by atoms with Crippen LogP contribution >= 0.6 is 0 Å². The Morgan fingerprint density at radius 3 is 3.09 bits per heavy atom. The minimum absolute atomic E-state index is 0.0683. The van der Waals surface area contributed by atoms with Crippen molar-refractivity contribution >= 4 is 15.9 Å². The number of hydrogen-bond donors (Lipinski definition) is 1. The molecule has 3 heterocycles. The number of amides is 1. The standard InChI is InChI=1S/C14H19N3O4S/c1-22(19,20)16-8-14-9-17(6-12(14)7-21-10-14)13(18)11-3-2-4-15-5-11/h2-5,12,16H,6-10H2,1H3/t12-,14+/m1/s1. The molecule has 0 unspecified atom stereocenters. The number of likely N-dealkylation sites (tertiary alicyclic amines) is 1. The summed E-state index contributed by atoms with van der Waals surface area (Å²) in [6.07, 6.45) is 4.32. The third-order valence-corrected chi connectivity index (χ3v) is 5.07. The molecule has 1 amide bonds. The maximum atomic E-state index is 12.5. The number of carbonyl (C=O) groups is 1. The van der Waals surface area contributed by atoms with E-state index in [0.29, 0.717) is 38.4 Å². The van der Waals surface area contributed by atoms with Crippen LogP contribution in [-0.4, -0.2) is 63.3 Å². The Hall–Kier alpha value is -1.51. The number of nitrogens with zero attached hydrogens (tertiary/aromatic N) is 2. The molecule has 120 valence electrons. The van der Waals surface area contributed by atoms with Gasteiger partial charge < -0.3 is 9.64 Å². The van der Waals surface area contributed by atoms with Gasteiger partial charge in [0.2, 0.25) is 10.0 Å². The maximum Gasteiger partial charge on any atom is 0.255 e. The summed E-state index contributed by atoms with van der Waals surface area (Å²) in [6.45, 7) is 2.40. The summed E-state index contributed by atoms with van der Waals surface area (Å²) in [6, 6.07) is 3.47. The van der Waals surface area contributed by atoms with Crippen LogP contribution in [0.1, 0.15) is 10.4 Å². The first-order chi connectivity index (χ1) is 10.4. The van der Waals surface area contributed by atoms with Crippen molar-refractivity contribution in [2.24, 2.45) is 11.3 Å². The summed E-state index contributed by atoms with van der Waals surface area (Å²) in [5.41, 5.74) is 0.218. The van der Waals surface area contributed by atoms with Crippen molar-refractivity contribution < 1.29 is 17.9 Å². The lowest BCUT2D eigenvalue weighted by molar-refractivity contribution is 0.0721. The predicted octanol–water partition coefficient (Wildman–Crippen LogP) is -0.281. The third kappa shape index (κ3) is 2.99. The molecule has 1 aromatic rings. The van der Waals surface area contributed by atoms with E-state index in [1.54, 1.807) is 29.4 Å². The van der Waals surface area contributed by atoms with Crippen molar-refractivity contribution in [2.45, 2.75) is 0 Å². The molecule has 1 aromatic heterocycles. The Morgan fingerprint density at radius 1 is 1.59 bits per heavy atom. The number of hydrogen-bond acceptors (Lipinski definition) is 5. The molecule has 0 spiro atoms. The smallest absolute Gasteiger partial charge is 0.255 e. The molecule has 7 nitrogen and oxygen atoms in total. The Kier molecular flexibility index (Phi) is 3.92. The SMILES string of the molecule is CS(=O)(=O)NC[C@]12COC[C@H]1CN(C(=O)c1cccnc1)C2. The zero-order valence-corrected chi connectivity index (χ0v) is 13.2. The molecule has 0 aromatic carbocycles. The molecule has 0 radical (unpaired) electrons. The van der Waals surface area contributed by atoms with Gasteiger partial charge in [0.25, 0.3) is 5.91 Å². The number of pyridine rings is 1. The van der Waals surface area contributed by atoms with Gasteiger partial charge in [-0.1, -0.05) is 0 Å². The van der Waals surface area contributed by atoms with E-state index < -0.39 is 10.0 Å². The van der Waals surface area contributed by atoms with Crippen LogP contribution in [0.2, 0.25) is 0 Å². The highest BCUT2D eigenvalue weighted by molar-refractivity contribution is 7.88. The number of fused-ring (bicyclic) bond motifs is 1. The van der Waals surface area contributed by atoms with Gasteiger partial charge in [-0.15, -0.1) is 0 Å². The Bertz CT molecular complexity index is 664. The molecule has 2 atom stereocenters. The van der Waals surface area contributed by atoms with Crippen molar-refractivity contribution in [3.8, 4) is 0 Å². The highest BCUT2D eigenvalue weighted by atomic mass is 32.2. The quantitative estimate of drug-likeness (QED) is 0.822. The van der Waals surface area contributed by atoms with Crippen molar-refractivity contribution in [2.75, 3.05) is 39.1 Å².